The van der Waals surface area contributed by atoms with Gasteiger partial charge in [0.2, 0.25) is 0 Å². The first-order chi connectivity index (χ1) is 9.08. The van der Waals surface area contributed by atoms with E-state index in [1.165, 1.54) is 0 Å². The van der Waals surface area contributed by atoms with Gasteiger partial charge in [-0.1, -0.05) is 12.1 Å². The first-order valence-electron chi connectivity index (χ1n) is 6.74. The van der Waals surface area contributed by atoms with Crippen molar-refractivity contribution in [1.82, 2.24) is 5.32 Å². The summed E-state index contributed by atoms with van der Waals surface area (Å²) in [6.07, 6.45) is 2.16. The van der Waals surface area contributed by atoms with Crippen LogP contribution in [-0.2, 0) is 4.79 Å². The molecule has 1 aromatic rings. The molecule has 1 fully saturated rings. The molecule has 1 aromatic carbocycles. The lowest BCUT2D eigenvalue weighted by Crippen LogP contribution is -2.42. The summed E-state index contributed by atoms with van der Waals surface area (Å²) >= 11 is 0. The SMILES string of the molecule is Cc1cccc(OCC(=O)NC2CCCC2O)c1C. The van der Waals surface area contributed by atoms with E-state index in [0.717, 1.165) is 36.1 Å². The maximum absolute atomic E-state index is 11.8. The first kappa shape index (κ1) is 13.9. The Balaban J connectivity index is 1.85. The van der Waals surface area contributed by atoms with Gasteiger partial charge in [0.05, 0.1) is 12.1 Å². The minimum absolute atomic E-state index is 0.00644. The van der Waals surface area contributed by atoms with Crippen LogP contribution in [-0.4, -0.2) is 29.8 Å². The summed E-state index contributed by atoms with van der Waals surface area (Å²) in [7, 11) is 0. The van der Waals surface area contributed by atoms with E-state index in [1.807, 2.05) is 32.0 Å². The number of carbonyl (C=O) groups excluding carboxylic acids is 1. The number of hydrogen-bond acceptors (Lipinski definition) is 3. The van der Waals surface area contributed by atoms with Gasteiger partial charge in [-0.05, 0) is 50.3 Å². The Morgan fingerprint density at radius 2 is 2.21 bits per heavy atom. The lowest BCUT2D eigenvalue weighted by Gasteiger charge is -2.17. The van der Waals surface area contributed by atoms with Crippen molar-refractivity contribution >= 4 is 5.91 Å². The molecule has 19 heavy (non-hydrogen) atoms. The Labute approximate surface area is 113 Å². The molecule has 1 saturated carbocycles. The summed E-state index contributed by atoms with van der Waals surface area (Å²) < 4.78 is 5.53. The van der Waals surface area contributed by atoms with Crippen LogP contribution >= 0.6 is 0 Å². The van der Waals surface area contributed by atoms with Crippen molar-refractivity contribution < 1.29 is 14.6 Å². The zero-order valence-corrected chi connectivity index (χ0v) is 11.5. The number of nitrogens with one attached hydrogen (secondary N) is 1. The zero-order chi connectivity index (χ0) is 13.8. The standard InChI is InChI=1S/C15H21NO3/c1-10-5-3-8-14(11(10)2)19-9-15(18)16-12-6-4-7-13(12)17/h3,5,8,12-13,17H,4,6-7,9H2,1-2H3,(H,16,18). The van der Waals surface area contributed by atoms with E-state index in [0.29, 0.717) is 0 Å². The number of aliphatic hydroxyl groups is 1. The molecule has 1 aliphatic rings. The summed E-state index contributed by atoms with van der Waals surface area (Å²) in [6.45, 7) is 3.98. The third-order valence-corrected chi connectivity index (χ3v) is 3.74. The lowest BCUT2D eigenvalue weighted by atomic mass is 10.1. The van der Waals surface area contributed by atoms with Crippen LogP contribution in [0.25, 0.3) is 0 Å². The Kier molecular flexibility index (Phi) is 4.43. The maximum Gasteiger partial charge on any atom is 0.258 e. The Morgan fingerprint density at radius 3 is 2.89 bits per heavy atom. The van der Waals surface area contributed by atoms with Gasteiger partial charge >= 0.3 is 0 Å². The molecule has 1 amide bonds. The molecule has 0 heterocycles. The fraction of sp³-hybridized carbons (Fsp3) is 0.533. The highest BCUT2D eigenvalue weighted by Gasteiger charge is 2.26. The Bertz CT molecular complexity index is 459. The van der Waals surface area contributed by atoms with E-state index in [9.17, 15) is 9.90 Å². The van der Waals surface area contributed by atoms with Gasteiger partial charge in [0.15, 0.2) is 6.61 Å². The van der Waals surface area contributed by atoms with Gasteiger partial charge in [-0.2, -0.15) is 0 Å². The number of aliphatic hydroxyl groups excluding tert-OH is 1. The highest BCUT2D eigenvalue weighted by atomic mass is 16.5. The predicted octanol–water partition coefficient (Wildman–Crippen LogP) is 1.71. The van der Waals surface area contributed by atoms with Crippen LogP contribution in [0.1, 0.15) is 30.4 Å². The number of aryl methyl sites for hydroxylation is 1. The van der Waals surface area contributed by atoms with Gasteiger partial charge < -0.3 is 15.2 Å². The number of amides is 1. The van der Waals surface area contributed by atoms with E-state index in [2.05, 4.69) is 5.32 Å². The van der Waals surface area contributed by atoms with E-state index in [1.54, 1.807) is 0 Å². The van der Waals surface area contributed by atoms with Gasteiger partial charge in [-0.3, -0.25) is 4.79 Å². The van der Waals surface area contributed by atoms with Crippen molar-refractivity contribution in [2.45, 2.75) is 45.3 Å². The molecule has 0 bridgehead atoms. The molecule has 4 heteroatoms. The highest BCUT2D eigenvalue weighted by Crippen LogP contribution is 2.21. The average molecular weight is 263 g/mol. The molecule has 2 atom stereocenters. The van der Waals surface area contributed by atoms with Crippen molar-refractivity contribution in [3.8, 4) is 5.75 Å². The van der Waals surface area contributed by atoms with E-state index in [4.69, 9.17) is 4.74 Å². The van der Waals surface area contributed by atoms with Gasteiger partial charge in [0.25, 0.3) is 5.91 Å². The lowest BCUT2D eigenvalue weighted by molar-refractivity contribution is -0.124. The molecule has 2 N–H and O–H groups in total. The largest absolute Gasteiger partial charge is 0.483 e. The van der Waals surface area contributed by atoms with Crippen molar-refractivity contribution in [2.24, 2.45) is 0 Å². The molecule has 2 unspecified atom stereocenters. The molecule has 0 radical (unpaired) electrons. The minimum Gasteiger partial charge on any atom is -0.483 e. The Morgan fingerprint density at radius 1 is 1.42 bits per heavy atom. The van der Waals surface area contributed by atoms with Crippen LogP contribution < -0.4 is 10.1 Å². The maximum atomic E-state index is 11.8. The molecule has 0 aliphatic heterocycles. The predicted molar refractivity (Wildman–Crippen MR) is 73.2 cm³/mol. The molecular weight excluding hydrogens is 242 g/mol. The number of ether oxygens (including phenoxy) is 1. The van der Waals surface area contributed by atoms with E-state index >= 15 is 0 Å². The first-order valence-corrected chi connectivity index (χ1v) is 6.74. The molecule has 2 rings (SSSR count). The Hall–Kier alpha value is -1.55. The fourth-order valence-corrected chi connectivity index (χ4v) is 2.38. The minimum atomic E-state index is -0.412. The quantitative estimate of drug-likeness (QED) is 0.869. The number of carbonyl (C=O) groups is 1. The molecule has 0 aromatic heterocycles. The summed E-state index contributed by atoms with van der Waals surface area (Å²) in [5, 5.41) is 12.5. The van der Waals surface area contributed by atoms with Crippen molar-refractivity contribution in [3.05, 3.63) is 29.3 Å². The second kappa shape index (κ2) is 6.06. The summed E-state index contributed by atoms with van der Waals surface area (Å²) in [5.41, 5.74) is 2.19. The van der Waals surface area contributed by atoms with Crippen molar-refractivity contribution in [1.29, 1.82) is 0 Å². The third-order valence-electron chi connectivity index (χ3n) is 3.74. The second-order valence-corrected chi connectivity index (χ2v) is 5.16. The van der Waals surface area contributed by atoms with Gasteiger partial charge in [-0.25, -0.2) is 0 Å². The second-order valence-electron chi connectivity index (χ2n) is 5.16. The van der Waals surface area contributed by atoms with Gasteiger partial charge in [0, 0.05) is 0 Å². The van der Waals surface area contributed by atoms with Crippen molar-refractivity contribution in [2.75, 3.05) is 6.61 Å². The number of hydrogen-bond donors (Lipinski definition) is 2. The number of rotatable bonds is 4. The topological polar surface area (TPSA) is 58.6 Å². The van der Waals surface area contributed by atoms with Crippen LogP contribution in [0.4, 0.5) is 0 Å². The summed E-state index contributed by atoms with van der Waals surface area (Å²) in [4.78, 5) is 11.8. The van der Waals surface area contributed by atoms with Crippen LogP contribution in [0.5, 0.6) is 5.75 Å². The molecule has 0 saturated heterocycles. The molecule has 1 aliphatic carbocycles. The molecule has 104 valence electrons. The summed E-state index contributed by atoms with van der Waals surface area (Å²) in [6, 6.07) is 5.67. The van der Waals surface area contributed by atoms with Crippen LogP contribution in [0, 0.1) is 13.8 Å². The van der Waals surface area contributed by atoms with Crippen LogP contribution in [0.15, 0.2) is 18.2 Å². The molecule has 4 nitrogen and oxygen atoms in total. The molecular formula is C15H21NO3. The number of benzene rings is 1. The normalized spacial score (nSPS) is 22.3. The van der Waals surface area contributed by atoms with E-state index < -0.39 is 6.10 Å². The highest BCUT2D eigenvalue weighted by molar-refractivity contribution is 5.78. The fourth-order valence-electron chi connectivity index (χ4n) is 2.38. The van der Waals surface area contributed by atoms with Gasteiger partial charge in [-0.15, -0.1) is 0 Å². The van der Waals surface area contributed by atoms with E-state index in [-0.39, 0.29) is 18.6 Å². The van der Waals surface area contributed by atoms with Crippen LogP contribution in [0.3, 0.4) is 0 Å². The van der Waals surface area contributed by atoms with Crippen LogP contribution in [0.2, 0.25) is 0 Å². The summed E-state index contributed by atoms with van der Waals surface area (Å²) in [5.74, 6) is 0.564. The smallest absolute Gasteiger partial charge is 0.258 e. The van der Waals surface area contributed by atoms with Gasteiger partial charge in [0.1, 0.15) is 5.75 Å². The molecule has 0 spiro atoms. The van der Waals surface area contributed by atoms with Crippen molar-refractivity contribution in [3.63, 3.8) is 0 Å². The third kappa shape index (κ3) is 3.47. The monoisotopic (exact) mass is 263 g/mol. The average Bonchev–Trinajstić information content (AvgIpc) is 2.77. The zero-order valence-electron chi connectivity index (χ0n) is 11.5.